The van der Waals surface area contributed by atoms with Crippen LogP contribution in [-0.4, -0.2) is 30.8 Å². The Morgan fingerprint density at radius 1 is 1.69 bits per heavy atom. The number of carbonyl (C=O) groups is 1. The van der Waals surface area contributed by atoms with E-state index in [4.69, 9.17) is 0 Å². The van der Waals surface area contributed by atoms with Gasteiger partial charge in [0.05, 0.1) is 6.04 Å². The number of likely N-dealkylation sites (N-methyl/N-ethyl adjacent to an activating group) is 1. The number of carbonyl (C=O) groups excluding carboxylic acids is 1. The number of nitrogens with zero attached hydrogens (tertiary/aromatic N) is 1. The molecule has 0 aromatic heterocycles. The molecule has 1 atom stereocenters. The molecule has 0 amide bonds. The highest BCUT2D eigenvalue weighted by atomic mass is 16.1. The van der Waals surface area contributed by atoms with Gasteiger partial charge in [-0.3, -0.25) is 4.90 Å². The number of aldehydes is 1. The van der Waals surface area contributed by atoms with Crippen LogP contribution < -0.4 is 5.32 Å². The van der Waals surface area contributed by atoms with Gasteiger partial charge in [0.25, 0.3) is 0 Å². The zero-order valence-corrected chi connectivity index (χ0v) is 8.21. The average Bonchev–Trinajstić information content (AvgIpc) is 2.10. The Morgan fingerprint density at radius 2 is 2.38 bits per heavy atom. The topological polar surface area (TPSA) is 32.3 Å². The summed E-state index contributed by atoms with van der Waals surface area (Å²) >= 11 is 0. The number of rotatable bonds is 3. The van der Waals surface area contributed by atoms with Crippen LogP contribution in [0.15, 0.2) is 24.0 Å². The molecule has 1 N–H and O–H groups in total. The molecule has 0 saturated heterocycles. The second-order valence-corrected chi connectivity index (χ2v) is 3.43. The molecule has 0 fully saturated rings. The molecule has 0 spiro atoms. The lowest BCUT2D eigenvalue weighted by Gasteiger charge is -2.31. The van der Waals surface area contributed by atoms with Crippen LogP contribution in [-0.2, 0) is 4.79 Å². The number of nitrogens with one attached hydrogen (secondary N) is 1. The Morgan fingerprint density at radius 3 is 2.92 bits per heavy atom. The fourth-order valence-corrected chi connectivity index (χ4v) is 1.58. The SMILES string of the molecule is C=CNC1=C(C)CN(C)C(C=O)C1. The molecular weight excluding hydrogens is 164 g/mol. The van der Waals surface area contributed by atoms with Gasteiger partial charge in [-0.05, 0) is 25.7 Å². The van der Waals surface area contributed by atoms with Gasteiger partial charge in [-0.1, -0.05) is 6.58 Å². The highest BCUT2D eigenvalue weighted by molar-refractivity contribution is 5.59. The minimum atomic E-state index is 0.00569. The van der Waals surface area contributed by atoms with Crippen molar-refractivity contribution in [1.82, 2.24) is 10.2 Å². The highest BCUT2D eigenvalue weighted by Gasteiger charge is 2.22. The van der Waals surface area contributed by atoms with Crippen molar-refractivity contribution in [3.05, 3.63) is 24.0 Å². The molecule has 1 aliphatic rings. The zero-order valence-electron chi connectivity index (χ0n) is 8.21. The fourth-order valence-electron chi connectivity index (χ4n) is 1.58. The summed E-state index contributed by atoms with van der Waals surface area (Å²) in [5.74, 6) is 0. The van der Waals surface area contributed by atoms with E-state index in [1.165, 1.54) is 5.57 Å². The van der Waals surface area contributed by atoms with Crippen molar-refractivity contribution in [3.8, 4) is 0 Å². The number of hydrogen-bond donors (Lipinski definition) is 1. The van der Waals surface area contributed by atoms with Crippen LogP contribution in [0.2, 0.25) is 0 Å². The van der Waals surface area contributed by atoms with E-state index in [-0.39, 0.29) is 6.04 Å². The minimum Gasteiger partial charge on any atom is -0.366 e. The van der Waals surface area contributed by atoms with Crippen LogP contribution in [0.3, 0.4) is 0 Å². The monoisotopic (exact) mass is 180 g/mol. The average molecular weight is 180 g/mol. The van der Waals surface area contributed by atoms with E-state index in [2.05, 4.69) is 23.7 Å². The molecule has 72 valence electrons. The molecule has 0 aromatic carbocycles. The largest absolute Gasteiger partial charge is 0.366 e. The van der Waals surface area contributed by atoms with Gasteiger partial charge in [0.15, 0.2) is 0 Å². The lowest BCUT2D eigenvalue weighted by molar-refractivity contribution is -0.112. The summed E-state index contributed by atoms with van der Waals surface area (Å²) in [6.45, 7) is 6.53. The summed E-state index contributed by atoms with van der Waals surface area (Å²) in [5.41, 5.74) is 2.41. The van der Waals surface area contributed by atoms with E-state index in [1.54, 1.807) is 6.20 Å². The molecule has 0 aliphatic carbocycles. The van der Waals surface area contributed by atoms with Gasteiger partial charge in [0, 0.05) is 18.7 Å². The van der Waals surface area contributed by atoms with E-state index >= 15 is 0 Å². The van der Waals surface area contributed by atoms with E-state index in [1.807, 2.05) is 7.05 Å². The third kappa shape index (κ3) is 2.18. The summed E-state index contributed by atoms with van der Waals surface area (Å²) in [5, 5.41) is 3.08. The summed E-state index contributed by atoms with van der Waals surface area (Å²) in [7, 11) is 1.97. The van der Waals surface area contributed by atoms with Crippen molar-refractivity contribution in [3.63, 3.8) is 0 Å². The van der Waals surface area contributed by atoms with Crippen molar-refractivity contribution in [2.24, 2.45) is 0 Å². The molecule has 3 nitrogen and oxygen atoms in total. The quantitative estimate of drug-likeness (QED) is 0.655. The first-order valence-corrected chi connectivity index (χ1v) is 4.40. The fraction of sp³-hybridized carbons (Fsp3) is 0.500. The smallest absolute Gasteiger partial charge is 0.137 e. The Labute approximate surface area is 79.1 Å². The molecule has 0 saturated carbocycles. The first-order valence-electron chi connectivity index (χ1n) is 4.40. The highest BCUT2D eigenvalue weighted by Crippen LogP contribution is 2.18. The van der Waals surface area contributed by atoms with E-state index < -0.39 is 0 Å². The third-order valence-electron chi connectivity index (χ3n) is 2.41. The molecule has 1 aliphatic heterocycles. The van der Waals surface area contributed by atoms with Gasteiger partial charge in [0.2, 0.25) is 0 Å². The van der Waals surface area contributed by atoms with Crippen molar-refractivity contribution in [1.29, 1.82) is 0 Å². The first kappa shape index (κ1) is 9.99. The van der Waals surface area contributed by atoms with Crippen LogP contribution >= 0.6 is 0 Å². The molecule has 13 heavy (non-hydrogen) atoms. The summed E-state index contributed by atoms with van der Waals surface area (Å²) in [4.78, 5) is 12.8. The normalized spacial score (nSPS) is 24.3. The van der Waals surface area contributed by atoms with Crippen molar-refractivity contribution in [2.45, 2.75) is 19.4 Å². The summed E-state index contributed by atoms with van der Waals surface area (Å²) < 4.78 is 0. The van der Waals surface area contributed by atoms with E-state index in [0.717, 1.165) is 24.9 Å². The van der Waals surface area contributed by atoms with Gasteiger partial charge >= 0.3 is 0 Å². The van der Waals surface area contributed by atoms with Gasteiger partial charge in [-0.2, -0.15) is 0 Å². The summed E-state index contributed by atoms with van der Waals surface area (Å²) in [6.07, 6.45) is 3.42. The molecule has 0 bridgehead atoms. The van der Waals surface area contributed by atoms with Gasteiger partial charge in [-0.15, -0.1) is 0 Å². The van der Waals surface area contributed by atoms with Crippen LogP contribution in [0.1, 0.15) is 13.3 Å². The van der Waals surface area contributed by atoms with Crippen LogP contribution in [0.5, 0.6) is 0 Å². The Bertz CT molecular complexity index is 245. The zero-order chi connectivity index (χ0) is 9.84. The van der Waals surface area contributed by atoms with Crippen LogP contribution in [0.4, 0.5) is 0 Å². The second kappa shape index (κ2) is 4.23. The predicted molar refractivity (Wildman–Crippen MR) is 53.1 cm³/mol. The van der Waals surface area contributed by atoms with Crippen molar-refractivity contribution >= 4 is 6.29 Å². The molecule has 0 radical (unpaired) electrons. The maximum atomic E-state index is 10.7. The van der Waals surface area contributed by atoms with Crippen LogP contribution in [0, 0.1) is 0 Å². The summed E-state index contributed by atoms with van der Waals surface area (Å²) in [6, 6.07) is 0.00569. The van der Waals surface area contributed by atoms with Crippen molar-refractivity contribution < 1.29 is 4.79 Å². The third-order valence-corrected chi connectivity index (χ3v) is 2.41. The van der Waals surface area contributed by atoms with E-state index in [0.29, 0.717) is 0 Å². The molecule has 0 aromatic rings. The maximum Gasteiger partial charge on any atom is 0.137 e. The first-order chi connectivity index (χ1) is 6.19. The Kier molecular flexibility index (Phi) is 3.25. The Hall–Kier alpha value is -1.09. The maximum absolute atomic E-state index is 10.7. The predicted octanol–water partition coefficient (Wildman–Crippen LogP) is 0.896. The lowest BCUT2D eigenvalue weighted by atomic mass is 10.0. The molecule has 1 rings (SSSR count). The van der Waals surface area contributed by atoms with Crippen LogP contribution in [0.25, 0.3) is 0 Å². The molecule has 3 heteroatoms. The van der Waals surface area contributed by atoms with Gasteiger partial charge < -0.3 is 10.1 Å². The Balaban J connectivity index is 2.76. The lowest BCUT2D eigenvalue weighted by Crippen LogP contribution is -2.40. The minimum absolute atomic E-state index is 0.00569. The van der Waals surface area contributed by atoms with Gasteiger partial charge in [0.1, 0.15) is 6.29 Å². The molecule has 1 heterocycles. The number of hydrogen-bond acceptors (Lipinski definition) is 3. The second-order valence-electron chi connectivity index (χ2n) is 3.43. The van der Waals surface area contributed by atoms with E-state index in [9.17, 15) is 4.79 Å². The molecule has 1 unspecified atom stereocenters. The van der Waals surface area contributed by atoms with Gasteiger partial charge in [-0.25, -0.2) is 0 Å². The standard InChI is InChI=1S/C10H16N2O/c1-4-11-10-5-9(7-13)12(3)6-8(10)2/h4,7,9,11H,1,5-6H2,2-3H3. The van der Waals surface area contributed by atoms with Crippen molar-refractivity contribution in [2.75, 3.05) is 13.6 Å². The molecular formula is C10H16N2O.